The third kappa shape index (κ3) is 5.77. The first kappa shape index (κ1) is 18.2. The van der Waals surface area contributed by atoms with Gasteiger partial charge in [0.05, 0.1) is 17.2 Å². The third-order valence-corrected chi connectivity index (χ3v) is 5.12. The van der Waals surface area contributed by atoms with Gasteiger partial charge in [-0.25, -0.2) is 9.98 Å². The quantitative estimate of drug-likeness (QED) is 0.566. The molecule has 0 atom stereocenters. The molecule has 1 saturated carbocycles. The maximum Gasteiger partial charge on any atom is 0.191 e. The normalized spacial score (nSPS) is 15.5. The van der Waals surface area contributed by atoms with Crippen molar-refractivity contribution in [3.05, 3.63) is 15.6 Å². The molecule has 1 aromatic heterocycles. The number of guanidine groups is 1. The summed E-state index contributed by atoms with van der Waals surface area (Å²) in [7, 11) is 0. The number of rotatable bonds is 8. The first-order chi connectivity index (χ1) is 11.0. The van der Waals surface area contributed by atoms with Crippen LogP contribution in [0.25, 0.3) is 0 Å². The molecule has 2 rings (SSSR count). The van der Waals surface area contributed by atoms with E-state index in [1.165, 1.54) is 17.7 Å². The Labute approximate surface area is 144 Å². The molecule has 23 heavy (non-hydrogen) atoms. The van der Waals surface area contributed by atoms with Gasteiger partial charge in [0.25, 0.3) is 0 Å². The Morgan fingerprint density at radius 3 is 2.61 bits per heavy atom. The second-order valence-corrected chi connectivity index (χ2v) is 7.71. The molecular formula is C17H31N5S. The SMILES string of the molecule is CCNC(=NCc1sc(C)nc1C)NCCN(C(C)C)C1CC1. The molecule has 0 spiro atoms. The lowest BCUT2D eigenvalue weighted by Crippen LogP contribution is -2.43. The van der Waals surface area contributed by atoms with Gasteiger partial charge in [-0.15, -0.1) is 11.3 Å². The van der Waals surface area contributed by atoms with Crippen LogP contribution < -0.4 is 10.6 Å². The maximum atomic E-state index is 4.71. The summed E-state index contributed by atoms with van der Waals surface area (Å²) in [6, 6.07) is 1.42. The van der Waals surface area contributed by atoms with Crippen molar-refractivity contribution in [2.75, 3.05) is 19.6 Å². The van der Waals surface area contributed by atoms with Crippen LogP contribution in [-0.4, -0.2) is 47.6 Å². The lowest BCUT2D eigenvalue weighted by atomic mass is 10.3. The monoisotopic (exact) mass is 337 g/mol. The topological polar surface area (TPSA) is 52.6 Å². The number of nitrogens with zero attached hydrogens (tertiary/aromatic N) is 3. The second-order valence-electron chi connectivity index (χ2n) is 6.43. The van der Waals surface area contributed by atoms with Crippen LogP contribution in [0.3, 0.4) is 0 Å². The zero-order chi connectivity index (χ0) is 16.8. The molecule has 1 aromatic rings. The zero-order valence-electron chi connectivity index (χ0n) is 15.1. The van der Waals surface area contributed by atoms with Gasteiger partial charge in [0, 0.05) is 36.6 Å². The molecule has 2 N–H and O–H groups in total. The van der Waals surface area contributed by atoms with Crippen LogP contribution in [0.5, 0.6) is 0 Å². The van der Waals surface area contributed by atoms with Crippen LogP contribution in [-0.2, 0) is 6.54 Å². The van der Waals surface area contributed by atoms with Crippen molar-refractivity contribution < 1.29 is 0 Å². The summed E-state index contributed by atoms with van der Waals surface area (Å²) in [6.45, 7) is 14.4. The van der Waals surface area contributed by atoms with Gasteiger partial charge >= 0.3 is 0 Å². The minimum absolute atomic E-state index is 0.617. The van der Waals surface area contributed by atoms with Crippen molar-refractivity contribution in [3.63, 3.8) is 0 Å². The van der Waals surface area contributed by atoms with Gasteiger partial charge in [-0.05, 0) is 47.5 Å². The molecule has 0 aromatic carbocycles. The molecule has 130 valence electrons. The van der Waals surface area contributed by atoms with Crippen LogP contribution in [0.2, 0.25) is 0 Å². The molecular weight excluding hydrogens is 306 g/mol. The largest absolute Gasteiger partial charge is 0.357 e. The Morgan fingerprint density at radius 2 is 2.09 bits per heavy atom. The highest BCUT2D eigenvalue weighted by atomic mass is 32.1. The summed E-state index contributed by atoms with van der Waals surface area (Å²) >= 11 is 1.74. The minimum atomic E-state index is 0.617. The highest BCUT2D eigenvalue weighted by Gasteiger charge is 2.30. The van der Waals surface area contributed by atoms with Gasteiger partial charge in [-0.3, -0.25) is 4.90 Å². The van der Waals surface area contributed by atoms with Gasteiger partial charge in [-0.2, -0.15) is 0 Å². The van der Waals surface area contributed by atoms with Crippen LogP contribution in [0, 0.1) is 13.8 Å². The van der Waals surface area contributed by atoms with E-state index in [9.17, 15) is 0 Å². The number of aromatic nitrogens is 1. The predicted octanol–water partition coefficient (Wildman–Crippen LogP) is 2.69. The highest BCUT2D eigenvalue weighted by Crippen LogP contribution is 2.27. The van der Waals surface area contributed by atoms with E-state index in [1.54, 1.807) is 11.3 Å². The summed E-state index contributed by atoms with van der Waals surface area (Å²) in [5, 5.41) is 7.91. The minimum Gasteiger partial charge on any atom is -0.357 e. The van der Waals surface area contributed by atoms with Crippen molar-refractivity contribution in [2.24, 2.45) is 4.99 Å². The van der Waals surface area contributed by atoms with Crippen LogP contribution in [0.1, 0.15) is 49.2 Å². The lowest BCUT2D eigenvalue weighted by molar-refractivity contribution is 0.215. The third-order valence-electron chi connectivity index (χ3n) is 4.07. The molecule has 0 bridgehead atoms. The number of thiazole rings is 1. The van der Waals surface area contributed by atoms with E-state index in [1.807, 2.05) is 6.92 Å². The number of aryl methyl sites for hydroxylation is 2. The smallest absolute Gasteiger partial charge is 0.191 e. The van der Waals surface area contributed by atoms with Gasteiger partial charge in [0.1, 0.15) is 0 Å². The molecule has 1 aliphatic rings. The van der Waals surface area contributed by atoms with Crippen molar-refractivity contribution in [1.82, 2.24) is 20.5 Å². The summed E-state index contributed by atoms with van der Waals surface area (Å²) in [4.78, 5) is 13.0. The predicted molar refractivity (Wildman–Crippen MR) is 99.3 cm³/mol. The number of hydrogen-bond donors (Lipinski definition) is 2. The average Bonchev–Trinajstić information content (AvgIpc) is 3.26. The van der Waals surface area contributed by atoms with Crippen LogP contribution in [0.15, 0.2) is 4.99 Å². The molecule has 0 amide bonds. The summed E-state index contributed by atoms with van der Waals surface area (Å²) < 4.78 is 0. The molecule has 0 radical (unpaired) electrons. The molecule has 0 aliphatic heterocycles. The molecule has 1 fully saturated rings. The van der Waals surface area contributed by atoms with Gasteiger partial charge in [-0.1, -0.05) is 0 Å². The number of nitrogens with one attached hydrogen (secondary N) is 2. The zero-order valence-corrected chi connectivity index (χ0v) is 16.0. The van der Waals surface area contributed by atoms with Crippen molar-refractivity contribution in [1.29, 1.82) is 0 Å². The van der Waals surface area contributed by atoms with Crippen molar-refractivity contribution in [2.45, 2.75) is 66.1 Å². The summed E-state index contributed by atoms with van der Waals surface area (Å²) in [5.74, 6) is 0.900. The fourth-order valence-corrected chi connectivity index (χ4v) is 3.65. The van der Waals surface area contributed by atoms with E-state index in [-0.39, 0.29) is 0 Å². The van der Waals surface area contributed by atoms with E-state index in [0.29, 0.717) is 12.6 Å². The maximum absolute atomic E-state index is 4.71. The molecule has 6 heteroatoms. The number of aliphatic imine (C=N–C) groups is 1. The Hall–Kier alpha value is -1.14. The van der Waals surface area contributed by atoms with E-state index < -0.39 is 0 Å². The molecule has 0 unspecified atom stereocenters. The Morgan fingerprint density at radius 1 is 1.35 bits per heavy atom. The van der Waals surface area contributed by atoms with Crippen molar-refractivity contribution in [3.8, 4) is 0 Å². The summed E-state index contributed by atoms with van der Waals surface area (Å²) in [5.41, 5.74) is 1.10. The Bertz CT molecular complexity index is 517. The van der Waals surface area contributed by atoms with Gasteiger partial charge in [0.15, 0.2) is 5.96 Å². The number of hydrogen-bond acceptors (Lipinski definition) is 4. The molecule has 1 aliphatic carbocycles. The standard InChI is InChI=1S/C17H31N5S/c1-6-18-17(20-11-16-13(4)21-14(5)23-16)19-9-10-22(12(2)3)15-7-8-15/h12,15H,6-11H2,1-5H3,(H2,18,19,20). The lowest BCUT2D eigenvalue weighted by Gasteiger charge is -2.26. The first-order valence-corrected chi connectivity index (χ1v) is 9.53. The second kappa shape index (κ2) is 8.64. The highest BCUT2D eigenvalue weighted by molar-refractivity contribution is 7.11. The summed E-state index contributed by atoms with van der Waals surface area (Å²) in [6.07, 6.45) is 2.71. The van der Waals surface area contributed by atoms with Gasteiger partial charge < -0.3 is 10.6 Å². The Balaban J connectivity index is 1.85. The Kier molecular flexibility index (Phi) is 6.84. The van der Waals surface area contributed by atoms with E-state index in [4.69, 9.17) is 4.99 Å². The van der Waals surface area contributed by atoms with Crippen LogP contribution in [0.4, 0.5) is 0 Å². The van der Waals surface area contributed by atoms with E-state index >= 15 is 0 Å². The fourth-order valence-electron chi connectivity index (χ4n) is 2.78. The first-order valence-electron chi connectivity index (χ1n) is 8.72. The average molecular weight is 338 g/mol. The van der Waals surface area contributed by atoms with Gasteiger partial charge in [0.2, 0.25) is 0 Å². The fraction of sp³-hybridized carbons (Fsp3) is 0.765. The molecule has 0 saturated heterocycles. The van der Waals surface area contributed by atoms with E-state index in [2.05, 4.69) is 48.2 Å². The van der Waals surface area contributed by atoms with Crippen LogP contribution >= 0.6 is 11.3 Å². The van der Waals surface area contributed by atoms with Crippen molar-refractivity contribution >= 4 is 17.3 Å². The molecule has 1 heterocycles. The molecule has 5 nitrogen and oxygen atoms in total. The van der Waals surface area contributed by atoms with E-state index in [0.717, 1.165) is 42.3 Å².